The molecule has 0 saturated heterocycles. The van der Waals surface area contributed by atoms with Crippen molar-refractivity contribution in [3.05, 3.63) is 0 Å². The number of aliphatic hydroxyl groups excluding tert-OH is 1. The highest BCUT2D eigenvalue weighted by molar-refractivity contribution is 4.86. The van der Waals surface area contributed by atoms with Crippen LogP contribution < -0.4 is 5.32 Å². The van der Waals surface area contributed by atoms with Gasteiger partial charge in [-0.05, 0) is 51.7 Å². The van der Waals surface area contributed by atoms with Crippen molar-refractivity contribution < 1.29 is 5.11 Å². The van der Waals surface area contributed by atoms with Crippen LogP contribution in [-0.4, -0.2) is 48.8 Å². The summed E-state index contributed by atoms with van der Waals surface area (Å²) in [7, 11) is 2.19. The molecule has 0 aromatic heterocycles. The van der Waals surface area contributed by atoms with Crippen LogP contribution in [0.3, 0.4) is 0 Å². The maximum Gasteiger partial charge on any atom is 0.0611 e. The van der Waals surface area contributed by atoms with Crippen LogP contribution in [0.1, 0.15) is 33.6 Å². The lowest BCUT2D eigenvalue weighted by Crippen LogP contribution is -2.47. The molecule has 3 unspecified atom stereocenters. The van der Waals surface area contributed by atoms with Crippen LogP contribution in [0.4, 0.5) is 0 Å². The Balaban J connectivity index is 2.20. The van der Waals surface area contributed by atoms with E-state index < -0.39 is 0 Å². The van der Waals surface area contributed by atoms with Crippen LogP contribution in [0, 0.1) is 11.8 Å². The predicted molar refractivity (Wildman–Crippen MR) is 68.6 cm³/mol. The van der Waals surface area contributed by atoms with E-state index in [2.05, 4.69) is 38.0 Å². The Morgan fingerprint density at radius 1 is 1.50 bits per heavy atom. The molecular formula is C13H28N2O. The van der Waals surface area contributed by atoms with Crippen molar-refractivity contribution in [3.8, 4) is 0 Å². The van der Waals surface area contributed by atoms with E-state index in [-0.39, 0.29) is 12.1 Å². The summed E-state index contributed by atoms with van der Waals surface area (Å²) in [6.07, 6.45) is 2.41. The fraction of sp³-hybridized carbons (Fsp3) is 1.00. The zero-order valence-corrected chi connectivity index (χ0v) is 11.3. The Kier molecular flexibility index (Phi) is 5.22. The lowest BCUT2D eigenvalue weighted by atomic mass is 9.98. The van der Waals surface area contributed by atoms with Gasteiger partial charge in [0.25, 0.3) is 0 Å². The van der Waals surface area contributed by atoms with Crippen LogP contribution in [0.15, 0.2) is 0 Å². The zero-order valence-electron chi connectivity index (χ0n) is 11.3. The van der Waals surface area contributed by atoms with Crippen molar-refractivity contribution in [1.82, 2.24) is 10.2 Å². The maximum absolute atomic E-state index is 9.38. The van der Waals surface area contributed by atoms with E-state index in [0.29, 0.717) is 0 Å². The number of aliphatic hydroxyl groups is 1. The molecule has 1 aliphatic carbocycles. The standard InChI is InChI=1S/C13H28N2O/c1-5-14-13(3,10-16)6-7-15(4)9-12-8-11(12)2/h11-12,14,16H,5-10H2,1-4H3. The molecule has 0 aromatic rings. The SMILES string of the molecule is CCNC(C)(CO)CCN(C)CC1CC1C. The summed E-state index contributed by atoms with van der Waals surface area (Å²) in [5.74, 6) is 1.85. The van der Waals surface area contributed by atoms with Gasteiger partial charge >= 0.3 is 0 Å². The zero-order chi connectivity index (χ0) is 12.2. The van der Waals surface area contributed by atoms with Crippen molar-refractivity contribution in [2.75, 3.05) is 33.3 Å². The fourth-order valence-corrected chi connectivity index (χ4v) is 2.23. The van der Waals surface area contributed by atoms with Crippen molar-refractivity contribution in [1.29, 1.82) is 0 Å². The van der Waals surface area contributed by atoms with Crippen LogP contribution in [0.5, 0.6) is 0 Å². The lowest BCUT2D eigenvalue weighted by molar-refractivity contribution is 0.152. The summed E-state index contributed by atoms with van der Waals surface area (Å²) >= 11 is 0. The van der Waals surface area contributed by atoms with Gasteiger partial charge in [0.15, 0.2) is 0 Å². The van der Waals surface area contributed by atoms with Gasteiger partial charge < -0.3 is 15.3 Å². The van der Waals surface area contributed by atoms with Crippen LogP contribution in [-0.2, 0) is 0 Å². The minimum Gasteiger partial charge on any atom is -0.394 e. The molecular weight excluding hydrogens is 200 g/mol. The van der Waals surface area contributed by atoms with Gasteiger partial charge in [0.05, 0.1) is 6.61 Å². The van der Waals surface area contributed by atoms with E-state index in [1.807, 2.05) is 0 Å². The van der Waals surface area contributed by atoms with Crippen molar-refractivity contribution >= 4 is 0 Å². The molecule has 1 rings (SSSR count). The quantitative estimate of drug-likeness (QED) is 0.658. The number of hydrogen-bond acceptors (Lipinski definition) is 3. The van der Waals surface area contributed by atoms with Gasteiger partial charge in [0.1, 0.15) is 0 Å². The summed E-state index contributed by atoms with van der Waals surface area (Å²) in [5.41, 5.74) is -0.113. The second kappa shape index (κ2) is 5.99. The van der Waals surface area contributed by atoms with Crippen LogP contribution in [0.2, 0.25) is 0 Å². The molecule has 0 amide bonds. The van der Waals surface area contributed by atoms with Gasteiger partial charge in [-0.3, -0.25) is 0 Å². The Morgan fingerprint density at radius 3 is 2.56 bits per heavy atom. The van der Waals surface area contributed by atoms with Gasteiger partial charge in [-0.2, -0.15) is 0 Å². The topological polar surface area (TPSA) is 35.5 Å². The summed E-state index contributed by atoms with van der Waals surface area (Å²) in [5, 5.41) is 12.7. The smallest absolute Gasteiger partial charge is 0.0611 e. The molecule has 2 N–H and O–H groups in total. The van der Waals surface area contributed by atoms with Gasteiger partial charge in [0.2, 0.25) is 0 Å². The van der Waals surface area contributed by atoms with Crippen molar-refractivity contribution in [3.63, 3.8) is 0 Å². The molecule has 3 heteroatoms. The Hall–Kier alpha value is -0.120. The van der Waals surface area contributed by atoms with Gasteiger partial charge in [0, 0.05) is 12.1 Å². The predicted octanol–water partition coefficient (Wildman–Crippen LogP) is 1.32. The first-order valence-corrected chi connectivity index (χ1v) is 6.55. The highest BCUT2D eigenvalue weighted by Crippen LogP contribution is 2.37. The van der Waals surface area contributed by atoms with E-state index in [1.165, 1.54) is 13.0 Å². The molecule has 1 aliphatic rings. The largest absolute Gasteiger partial charge is 0.394 e. The van der Waals surface area contributed by atoms with Crippen LogP contribution in [0.25, 0.3) is 0 Å². The highest BCUT2D eigenvalue weighted by atomic mass is 16.3. The second-order valence-corrected chi connectivity index (χ2v) is 5.73. The Bertz CT molecular complexity index is 210. The molecule has 16 heavy (non-hydrogen) atoms. The normalized spacial score (nSPS) is 28.1. The maximum atomic E-state index is 9.38. The number of likely N-dealkylation sites (N-methyl/N-ethyl adjacent to an activating group) is 1. The third kappa shape index (κ3) is 4.40. The minimum atomic E-state index is -0.113. The van der Waals surface area contributed by atoms with E-state index >= 15 is 0 Å². The third-order valence-electron chi connectivity index (χ3n) is 3.82. The van der Waals surface area contributed by atoms with E-state index in [4.69, 9.17) is 0 Å². The van der Waals surface area contributed by atoms with Gasteiger partial charge in [-0.1, -0.05) is 13.8 Å². The van der Waals surface area contributed by atoms with Crippen molar-refractivity contribution in [2.45, 2.75) is 39.2 Å². The summed E-state index contributed by atoms with van der Waals surface area (Å²) < 4.78 is 0. The molecule has 0 aliphatic heterocycles. The molecule has 1 fully saturated rings. The molecule has 0 radical (unpaired) electrons. The summed E-state index contributed by atoms with van der Waals surface area (Å²) in [4.78, 5) is 2.40. The third-order valence-corrected chi connectivity index (χ3v) is 3.82. The molecule has 96 valence electrons. The highest BCUT2D eigenvalue weighted by Gasteiger charge is 2.33. The minimum absolute atomic E-state index is 0.113. The molecule has 3 atom stereocenters. The van der Waals surface area contributed by atoms with Gasteiger partial charge in [-0.25, -0.2) is 0 Å². The number of nitrogens with one attached hydrogen (secondary N) is 1. The molecule has 1 saturated carbocycles. The monoisotopic (exact) mass is 228 g/mol. The van der Waals surface area contributed by atoms with E-state index in [0.717, 1.165) is 31.3 Å². The fourth-order valence-electron chi connectivity index (χ4n) is 2.23. The molecule has 3 nitrogen and oxygen atoms in total. The molecule has 0 heterocycles. The van der Waals surface area contributed by atoms with E-state index in [1.54, 1.807) is 0 Å². The Morgan fingerprint density at radius 2 is 2.12 bits per heavy atom. The summed E-state index contributed by atoms with van der Waals surface area (Å²) in [6, 6.07) is 0. The molecule has 0 aromatic carbocycles. The lowest BCUT2D eigenvalue weighted by Gasteiger charge is -2.30. The average molecular weight is 228 g/mol. The molecule has 0 bridgehead atoms. The number of nitrogens with zero attached hydrogens (tertiary/aromatic N) is 1. The van der Waals surface area contributed by atoms with Crippen molar-refractivity contribution in [2.24, 2.45) is 11.8 Å². The second-order valence-electron chi connectivity index (χ2n) is 5.73. The average Bonchev–Trinajstić information content (AvgIpc) is 2.92. The first kappa shape index (κ1) is 13.9. The number of rotatable bonds is 8. The Labute approximate surface area is 100 Å². The van der Waals surface area contributed by atoms with E-state index in [9.17, 15) is 5.11 Å². The first-order chi connectivity index (χ1) is 7.50. The summed E-state index contributed by atoms with van der Waals surface area (Å²) in [6.45, 7) is 9.93. The molecule has 0 spiro atoms. The first-order valence-electron chi connectivity index (χ1n) is 6.55. The van der Waals surface area contributed by atoms with Crippen LogP contribution >= 0.6 is 0 Å². The van der Waals surface area contributed by atoms with Gasteiger partial charge in [-0.15, -0.1) is 0 Å². The number of hydrogen-bond donors (Lipinski definition) is 2.